The largest absolute Gasteiger partial charge is 0.454 e. The molecule has 0 radical (unpaired) electrons. The third kappa shape index (κ3) is 3.25. The number of carbonyl (C=O) groups excluding carboxylic acids is 1. The van der Waals surface area contributed by atoms with E-state index in [4.69, 9.17) is 21.1 Å². The summed E-state index contributed by atoms with van der Waals surface area (Å²) in [7, 11) is -3.35. The van der Waals surface area contributed by atoms with Crippen molar-refractivity contribution in [2.45, 2.75) is 4.90 Å². The van der Waals surface area contributed by atoms with Crippen molar-refractivity contribution in [2.75, 3.05) is 18.4 Å². The Bertz CT molecular complexity index is 895. The fraction of sp³-hybridized carbons (Fsp3) is 0.133. The van der Waals surface area contributed by atoms with E-state index in [1.807, 2.05) is 0 Å². The highest BCUT2D eigenvalue weighted by Crippen LogP contribution is 2.39. The Morgan fingerprint density at radius 1 is 1.22 bits per heavy atom. The SMILES string of the molecule is CS(=O)(=O)c1cccc(NC(=O)c2cc(Cl)c3c(c2)OCO3)c1. The van der Waals surface area contributed by atoms with Crippen LogP contribution in [0.1, 0.15) is 10.4 Å². The number of nitrogens with one attached hydrogen (secondary N) is 1. The topological polar surface area (TPSA) is 81.7 Å². The van der Waals surface area contributed by atoms with E-state index in [0.717, 1.165) is 6.26 Å². The van der Waals surface area contributed by atoms with Crippen molar-refractivity contribution in [3.05, 3.63) is 47.0 Å². The van der Waals surface area contributed by atoms with Gasteiger partial charge in [-0.15, -0.1) is 0 Å². The van der Waals surface area contributed by atoms with Crippen LogP contribution in [0.3, 0.4) is 0 Å². The van der Waals surface area contributed by atoms with Crippen molar-refractivity contribution in [1.82, 2.24) is 0 Å². The lowest BCUT2D eigenvalue weighted by Crippen LogP contribution is -2.12. The van der Waals surface area contributed by atoms with Crippen molar-refractivity contribution in [2.24, 2.45) is 0 Å². The predicted molar refractivity (Wildman–Crippen MR) is 85.1 cm³/mol. The monoisotopic (exact) mass is 353 g/mol. The molecule has 1 heterocycles. The standard InChI is InChI=1S/C15H12ClNO5S/c1-23(19,20)11-4-2-3-10(7-11)17-15(18)9-5-12(16)14-13(6-9)21-8-22-14/h2-7H,8H2,1H3,(H,17,18). The molecule has 6 nitrogen and oxygen atoms in total. The van der Waals surface area contributed by atoms with Crippen LogP contribution in [0.5, 0.6) is 11.5 Å². The fourth-order valence-corrected chi connectivity index (χ4v) is 3.04. The van der Waals surface area contributed by atoms with Gasteiger partial charge in [-0.1, -0.05) is 17.7 Å². The molecule has 0 saturated carbocycles. The molecule has 0 aliphatic carbocycles. The van der Waals surface area contributed by atoms with Gasteiger partial charge in [-0.05, 0) is 30.3 Å². The second kappa shape index (κ2) is 5.75. The van der Waals surface area contributed by atoms with E-state index in [1.54, 1.807) is 12.1 Å². The number of rotatable bonds is 3. The van der Waals surface area contributed by atoms with E-state index in [-0.39, 0.29) is 22.3 Å². The van der Waals surface area contributed by atoms with Crippen LogP contribution in [-0.2, 0) is 9.84 Å². The maximum atomic E-state index is 12.3. The van der Waals surface area contributed by atoms with Crippen LogP contribution >= 0.6 is 11.6 Å². The molecule has 1 amide bonds. The van der Waals surface area contributed by atoms with Crippen LogP contribution < -0.4 is 14.8 Å². The molecule has 0 atom stereocenters. The quantitative estimate of drug-likeness (QED) is 0.917. The molecule has 0 bridgehead atoms. The van der Waals surface area contributed by atoms with Gasteiger partial charge in [0.2, 0.25) is 6.79 Å². The van der Waals surface area contributed by atoms with Crippen LogP contribution in [0, 0.1) is 0 Å². The van der Waals surface area contributed by atoms with Crippen LogP contribution in [0.4, 0.5) is 5.69 Å². The van der Waals surface area contributed by atoms with Crippen molar-refractivity contribution in [3.63, 3.8) is 0 Å². The summed E-state index contributed by atoms with van der Waals surface area (Å²) in [6.07, 6.45) is 1.10. The Morgan fingerprint density at radius 2 is 2.00 bits per heavy atom. The van der Waals surface area contributed by atoms with Gasteiger partial charge in [-0.25, -0.2) is 8.42 Å². The summed E-state index contributed by atoms with van der Waals surface area (Å²) in [4.78, 5) is 12.4. The number of anilines is 1. The highest BCUT2D eigenvalue weighted by Gasteiger charge is 2.21. The number of benzene rings is 2. The minimum Gasteiger partial charge on any atom is -0.454 e. The third-order valence-corrected chi connectivity index (χ3v) is 4.60. The maximum Gasteiger partial charge on any atom is 0.255 e. The van der Waals surface area contributed by atoms with Gasteiger partial charge in [0, 0.05) is 17.5 Å². The Balaban J connectivity index is 1.87. The summed E-state index contributed by atoms with van der Waals surface area (Å²) in [5.74, 6) is 0.366. The van der Waals surface area contributed by atoms with Gasteiger partial charge in [0.1, 0.15) is 0 Å². The Hall–Kier alpha value is -2.25. The molecule has 0 saturated heterocycles. The van der Waals surface area contributed by atoms with Crippen molar-refractivity contribution >= 4 is 33.0 Å². The minimum atomic E-state index is -3.35. The molecule has 23 heavy (non-hydrogen) atoms. The third-order valence-electron chi connectivity index (χ3n) is 3.21. The summed E-state index contributed by atoms with van der Waals surface area (Å²) in [6, 6.07) is 8.98. The molecule has 1 aliphatic heterocycles. The molecule has 2 aromatic carbocycles. The number of amides is 1. The highest BCUT2D eigenvalue weighted by atomic mass is 35.5. The normalized spacial score (nSPS) is 13.0. The second-order valence-electron chi connectivity index (χ2n) is 4.95. The lowest BCUT2D eigenvalue weighted by Gasteiger charge is -2.08. The molecule has 0 unspecified atom stereocenters. The molecule has 0 fully saturated rings. The van der Waals surface area contributed by atoms with E-state index in [1.165, 1.54) is 24.3 Å². The number of hydrogen-bond acceptors (Lipinski definition) is 5. The maximum absolute atomic E-state index is 12.3. The number of fused-ring (bicyclic) bond motifs is 1. The molecule has 120 valence electrons. The zero-order chi connectivity index (χ0) is 16.6. The minimum absolute atomic E-state index is 0.0521. The van der Waals surface area contributed by atoms with E-state index >= 15 is 0 Å². The fourth-order valence-electron chi connectivity index (χ4n) is 2.11. The average Bonchev–Trinajstić information content (AvgIpc) is 2.95. The van der Waals surface area contributed by atoms with Crippen molar-refractivity contribution in [1.29, 1.82) is 0 Å². The number of halogens is 1. The highest BCUT2D eigenvalue weighted by molar-refractivity contribution is 7.90. The average molecular weight is 354 g/mol. The Morgan fingerprint density at radius 3 is 2.74 bits per heavy atom. The van der Waals surface area contributed by atoms with Gasteiger partial charge >= 0.3 is 0 Å². The second-order valence-corrected chi connectivity index (χ2v) is 7.37. The van der Waals surface area contributed by atoms with Gasteiger partial charge in [0.15, 0.2) is 21.3 Å². The van der Waals surface area contributed by atoms with E-state index < -0.39 is 15.7 Å². The van der Waals surface area contributed by atoms with E-state index in [2.05, 4.69) is 5.32 Å². The van der Waals surface area contributed by atoms with E-state index in [0.29, 0.717) is 17.2 Å². The molecule has 1 N–H and O–H groups in total. The summed E-state index contributed by atoms with van der Waals surface area (Å²) in [5, 5.41) is 2.90. The number of ether oxygens (including phenoxy) is 2. The lowest BCUT2D eigenvalue weighted by molar-refractivity contribution is 0.102. The number of hydrogen-bond donors (Lipinski definition) is 1. The van der Waals surface area contributed by atoms with Gasteiger partial charge in [0.05, 0.1) is 9.92 Å². The summed E-state index contributed by atoms with van der Waals surface area (Å²) in [6.45, 7) is 0.0521. The van der Waals surface area contributed by atoms with Gasteiger partial charge in [0.25, 0.3) is 5.91 Å². The van der Waals surface area contributed by atoms with Crippen LogP contribution in [0.2, 0.25) is 5.02 Å². The number of carbonyl (C=O) groups is 1. The Kier molecular flexibility index (Phi) is 3.91. The number of sulfone groups is 1. The predicted octanol–water partition coefficient (Wildman–Crippen LogP) is 2.72. The first kappa shape index (κ1) is 15.6. The summed E-state index contributed by atoms with van der Waals surface area (Å²) < 4.78 is 33.5. The van der Waals surface area contributed by atoms with Crippen LogP contribution in [-0.4, -0.2) is 27.4 Å². The molecule has 8 heteroatoms. The van der Waals surface area contributed by atoms with Crippen LogP contribution in [0.25, 0.3) is 0 Å². The van der Waals surface area contributed by atoms with Gasteiger partial charge < -0.3 is 14.8 Å². The van der Waals surface area contributed by atoms with Gasteiger partial charge in [-0.3, -0.25) is 4.79 Å². The smallest absolute Gasteiger partial charge is 0.255 e. The first-order valence-corrected chi connectivity index (χ1v) is 8.82. The van der Waals surface area contributed by atoms with Crippen molar-refractivity contribution < 1.29 is 22.7 Å². The van der Waals surface area contributed by atoms with Gasteiger partial charge in [-0.2, -0.15) is 0 Å². The molecule has 2 aromatic rings. The molecule has 1 aliphatic rings. The molecule has 0 aromatic heterocycles. The molecular weight excluding hydrogens is 342 g/mol. The molecule has 0 spiro atoms. The first-order chi connectivity index (χ1) is 10.8. The zero-order valence-corrected chi connectivity index (χ0v) is 13.6. The molecule has 3 rings (SSSR count). The van der Waals surface area contributed by atoms with Crippen LogP contribution in [0.15, 0.2) is 41.3 Å². The summed E-state index contributed by atoms with van der Waals surface area (Å²) >= 11 is 6.04. The summed E-state index contributed by atoms with van der Waals surface area (Å²) in [5.41, 5.74) is 0.649. The van der Waals surface area contributed by atoms with E-state index in [9.17, 15) is 13.2 Å². The first-order valence-electron chi connectivity index (χ1n) is 6.55. The zero-order valence-electron chi connectivity index (χ0n) is 12.0. The Labute approximate surface area is 137 Å². The molecular formula is C15H12ClNO5S. The van der Waals surface area contributed by atoms with Crippen molar-refractivity contribution in [3.8, 4) is 11.5 Å². The lowest BCUT2D eigenvalue weighted by atomic mass is 10.2.